The average Bonchev–Trinajstić information content (AvgIpc) is 2.95. The summed E-state index contributed by atoms with van der Waals surface area (Å²) in [6.45, 7) is 9.43. The van der Waals surface area contributed by atoms with E-state index in [1.165, 1.54) is 0 Å². The summed E-state index contributed by atoms with van der Waals surface area (Å²) in [6, 6.07) is 2.43. The summed E-state index contributed by atoms with van der Waals surface area (Å²) in [5.74, 6) is 0.313. The van der Waals surface area contributed by atoms with E-state index in [1.807, 2.05) is 18.7 Å². The van der Waals surface area contributed by atoms with E-state index in [4.69, 9.17) is 5.26 Å². The van der Waals surface area contributed by atoms with Crippen molar-refractivity contribution < 1.29 is 4.79 Å². The summed E-state index contributed by atoms with van der Waals surface area (Å²) in [6.07, 6.45) is 4.00. The second kappa shape index (κ2) is 7.24. The normalized spacial score (nSPS) is 24.0. The molecule has 2 rings (SSSR count). The van der Waals surface area contributed by atoms with Gasteiger partial charge in [0.05, 0.1) is 17.5 Å². The molecule has 1 amide bonds. The highest BCUT2D eigenvalue weighted by Gasteiger charge is 2.33. The summed E-state index contributed by atoms with van der Waals surface area (Å²) in [5.41, 5.74) is -0.252. The Hall–Kier alpha value is -1.12. The minimum Gasteiger partial charge on any atom is -0.339 e. The van der Waals surface area contributed by atoms with Crippen LogP contribution in [0.15, 0.2) is 0 Å². The van der Waals surface area contributed by atoms with Crippen molar-refractivity contribution in [2.24, 2.45) is 5.41 Å². The van der Waals surface area contributed by atoms with Crippen LogP contribution in [0.4, 0.5) is 0 Å². The molecule has 2 saturated heterocycles. The minimum atomic E-state index is -0.252. The SMILES string of the molecule is CC(C)(C#N)CCCN1CCCC1C(=O)N1CCNCC1. The number of rotatable bonds is 5. The molecule has 0 aliphatic carbocycles. The fraction of sp³-hybridized carbons (Fsp3) is 0.875. The molecule has 0 aromatic heterocycles. The molecule has 1 atom stereocenters. The molecule has 0 aromatic carbocycles. The topological polar surface area (TPSA) is 59.4 Å². The average molecular weight is 292 g/mol. The molecule has 0 radical (unpaired) electrons. The highest BCUT2D eigenvalue weighted by Crippen LogP contribution is 2.24. The quantitative estimate of drug-likeness (QED) is 0.827. The van der Waals surface area contributed by atoms with E-state index in [-0.39, 0.29) is 11.5 Å². The zero-order valence-electron chi connectivity index (χ0n) is 13.4. The third-order valence-electron chi connectivity index (χ3n) is 4.63. The van der Waals surface area contributed by atoms with Gasteiger partial charge in [-0.1, -0.05) is 0 Å². The van der Waals surface area contributed by atoms with Gasteiger partial charge >= 0.3 is 0 Å². The highest BCUT2D eigenvalue weighted by atomic mass is 16.2. The first kappa shape index (κ1) is 16.3. The zero-order valence-corrected chi connectivity index (χ0v) is 13.4. The number of piperazine rings is 1. The lowest BCUT2D eigenvalue weighted by atomic mass is 9.90. The highest BCUT2D eigenvalue weighted by molar-refractivity contribution is 5.82. The number of hydrogen-bond acceptors (Lipinski definition) is 4. The van der Waals surface area contributed by atoms with Gasteiger partial charge in [-0.15, -0.1) is 0 Å². The number of nitrogens with one attached hydrogen (secondary N) is 1. The Balaban J connectivity index is 1.82. The molecule has 1 N–H and O–H groups in total. The second-order valence-corrected chi connectivity index (χ2v) is 6.87. The Morgan fingerprint density at radius 1 is 1.33 bits per heavy atom. The first-order valence-electron chi connectivity index (χ1n) is 8.18. The predicted octanol–water partition coefficient (Wildman–Crippen LogP) is 1.21. The summed E-state index contributed by atoms with van der Waals surface area (Å²) >= 11 is 0. The van der Waals surface area contributed by atoms with Gasteiger partial charge in [-0.3, -0.25) is 9.69 Å². The minimum absolute atomic E-state index is 0.0771. The third kappa shape index (κ3) is 4.42. The van der Waals surface area contributed by atoms with Gasteiger partial charge in [0, 0.05) is 26.2 Å². The molecular formula is C16H28N4O. The summed E-state index contributed by atoms with van der Waals surface area (Å²) in [4.78, 5) is 17.0. The molecule has 0 bridgehead atoms. The van der Waals surface area contributed by atoms with Crippen LogP contribution in [0.2, 0.25) is 0 Å². The third-order valence-corrected chi connectivity index (χ3v) is 4.63. The molecular weight excluding hydrogens is 264 g/mol. The van der Waals surface area contributed by atoms with Gasteiger partial charge in [0.1, 0.15) is 0 Å². The number of carbonyl (C=O) groups is 1. The number of likely N-dealkylation sites (tertiary alicyclic amines) is 1. The Morgan fingerprint density at radius 2 is 2.05 bits per heavy atom. The van der Waals surface area contributed by atoms with Crippen molar-refractivity contribution in [2.45, 2.75) is 45.6 Å². The van der Waals surface area contributed by atoms with Crippen LogP contribution in [0.3, 0.4) is 0 Å². The zero-order chi connectivity index (χ0) is 15.3. The molecule has 0 aromatic rings. The molecule has 2 heterocycles. The lowest BCUT2D eigenvalue weighted by Crippen LogP contribution is -2.52. The maximum atomic E-state index is 12.6. The molecule has 0 saturated carbocycles. The van der Waals surface area contributed by atoms with Crippen LogP contribution in [-0.2, 0) is 4.79 Å². The fourth-order valence-electron chi connectivity index (χ4n) is 3.25. The number of nitriles is 1. The smallest absolute Gasteiger partial charge is 0.240 e. The van der Waals surface area contributed by atoms with Crippen LogP contribution in [0.25, 0.3) is 0 Å². The van der Waals surface area contributed by atoms with Gasteiger partial charge in [-0.05, 0) is 52.6 Å². The summed E-state index contributed by atoms with van der Waals surface area (Å²) in [5, 5.41) is 12.4. The van der Waals surface area contributed by atoms with Crippen LogP contribution in [0.1, 0.15) is 39.5 Å². The molecule has 5 heteroatoms. The van der Waals surface area contributed by atoms with E-state index in [0.29, 0.717) is 5.91 Å². The van der Waals surface area contributed by atoms with E-state index in [9.17, 15) is 4.79 Å². The van der Waals surface area contributed by atoms with Crippen molar-refractivity contribution in [3.8, 4) is 6.07 Å². The van der Waals surface area contributed by atoms with Crippen molar-refractivity contribution in [3.63, 3.8) is 0 Å². The maximum absolute atomic E-state index is 12.6. The van der Waals surface area contributed by atoms with Crippen molar-refractivity contribution >= 4 is 5.91 Å². The number of amides is 1. The van der Waals surface area contributed by atoms with Crippen LogP contribution in [0, 0.1) is 16.7 Å². The van der Waals surface area contributed by atoms with E-state index < -0.39 is 0 Å². The van der Waals surface area contributed by atoms with Crippen molar-refractivity contribution in [3.05, 3.63) is 0 Å². The Morgan fingerprint density at radius 3 is 2.71 bits per heavy atom. The van der Waals surface area contributed by atoms with Crippen molar-refractivity contribution in [1.29, 1.82) is 5.26 Å². The van der Waals surface area contributed by atoms with Gasteiger partial charge in [-0.2, -0.15) is 5.26 Å². The van der Waals surface area contributed by atoms with Crippen LogP contribution in [-0.4, -0.2) is 61.0 Å². The lowest BCUT2D eigenvalue weighted by Gasteiger charge is -2.33. The van der Waals surface area contributed by atoms with Gasteiger partial charge in [0.2, 0.25) is 5.91 Å². The Labute approximate surface area is 128 Å². The summed E-state index contributed by atoms with van der Waals surface area (Å²) in [7, 11) is 0. The number of hydrogen-bond donors (Lipinski definition) is 1. The van der Waals surface area contributed by atoms with Gasteiger partial charge in [0.15, 0.2) is 0 Å². The van der Waals surface area contributed by atoms with E-state index >= 15 is 0 Å². The monoisotopic (exact) mass is 292 g/mol. The maximum Gasteiger partial charge on any atom is 0.240 e. The van der Waals surface area contributed by atoms with Gasteiger partial charge in [-0.25, -0.2) is 0 Å². The molecule has 2 fully saturated rings. The molecule has 5 nitrogen and oxygen atoms in total. The van der Waals surface area contributed by atoms with Gasteiger partial charge < -0.3 is 10.2 Å². The lowest BCUT2D eigenvalue weighted by molar-refractivity contribution is -0.136. The molecule has 21 heavy (non-hydrogen) atoms. The molecule has 2 aliphatic rings. The molecule has 1 unspecified atom stereocenters. The van der Waals surface area contributed by atoms with Crippen molar-refractivity contribution in [1.82, 2.24) is 15.1 Å². The number of carbonyl (C=O) groups excluding carboxylic acids is 1. The Bertz CT molecular complexity index is 396. The molecule has 2 aliphatic heterocycles. The largest absolute Gasteiger partial charge is 0.339 e. The van der Waals surface area contributed by atoms with Crippen molar-refractivity contribution in [2.75, 3.05) is 39.3 Å². The van der Waals surface area contributed by atoms with E-state index in [0.717, 1.165) is 65.0 Å². The van der Waals surface area contributed by atoms with E-state index in [1.54, 1.807) is 0 Å². The first-order valence-corrected chi connectivity index (χ1v) is 8.18. The molecule has 0 spiro atoms. The fourth-order valence-corrected chi connectivity index (χ4v) is 3.25. The van der Waals surface area contributed by atoms with E-state index in [2.05, 4.69) is 16.3 Å². The second-order valence-electron chi connectivity index (χ2n) is 6.87. The number of nitrogens with zero attached hydrogens (tertiary/aromatic N) is 3. The van der Waals surface area contributed by atoms with Crippen LogP contribution in [0.5, 0.6) is 0 Å². The molecule has 118 valence electrons. The predicted molar refractivity (Wildman–Crippen MR) is 82.7 cm³/mol. The first-order chi connectivity index (χ1) is 10.0. The Kier molecular flexibility index (Phi) is 5.60. The van der Waals surface area contributed by atoms with Crippen LogP contribution < -0.4 is 5.32 Å². The summed E-state index contributed by atoms with van der Waals surface area (Å²) < 4.78 is 0. The van der Waals surface area contributed by atoms with Gasteiger partial charge in [0.25, 0.3) is 0 Å². The van der Waals surface area contributed by atoms with Crippen LogP contribution >= 0.6 is 0 Å². The standard InChI is InChI=1S/C16H28N4O/c1-16(2,13-17)6-4-10-19-9-3-5-14(19)15(21)20-11-7-18-8-12-20/h14,18H,3-12H2,1-2H3.